The van der Waals surface area contributed by atoms with Crippen LogP contribution in [0, 0.1) is 0 Å². The van der Waals surface area contributed by atoms with Crippen LogP contribution in [0.25, 0.3) is 22.3 Å². The number of nitrogens with zero attached hydrogens (tertiary/aromatic N) is 8. The van der Waals surface area contributed by atoms with Gasteiger partial charge < -0.3 is 45.0 Å². The van der Waals surface area contributed by atoms with Crippen LogP contribution in [-0.4, -0.2) is 130 Å². The van der Waals surface area contributed by atoms with E-state index in [2.05, 4.69) is 29.9 Å². The molecule has 5 N–H and O–H groups in total. The van der Waals surface area contributed by atoms with E-state index in [9.17, 15) is 23.8 Å². The number of nitrogens with two attached hydrogens (primary N) is 2. The second-order valence-corrected chi connectivity index (χ2v) is 21.4. The summed E-state index contributed by atoms with van der Waals surface area (Å²) in [4.78, 5) is 49.0. The molecule has 2 bridgehead atoms. The lowest BCUT2D eigenvalue weighted by atomic mass is 10.1. The van der Waals surface area contributed by atoms with E-state index >= 15 is 4.39 Å². The monoisotopic (exact) mass is 924 g/mol. The Kier molecular flexibility index (Phi) is 13.4. The number of alkyl halides is 1. The fraction of sp³-hybridized carbons (Fsp3) is 0.600. The Morgan fingerprint density at radius 2 is 1.25 bits per heavy atom. The number of ether oxygens (including phenoxy) is 6. The maximum atomic E-state index is 16.8. The highest BCUT2D eigenvalue weighted by Crippen LogP contribution is 2.66. The van der Waals surface area contributed by atoms with Gasteiger partial charge >= 0.3 is 25.9 Å². The predicted octanol–water partition coefficient (Wildman–Crippen LogP) is 3.86. The average Bonchev–Trinajstić information content (AvgIpc) is 3.94. The molecular formula is C30H39FN10O15P2S2. The number of hydrogen-bond acceptors (Lipinski definition) is 25. The van der Waals surface area contributed by atoms with Crippen LogP contribution in [0.4, 0.5) is 25.6 Å². The highest BCUT2D eigenvalue weighted by molar-refractivity contribution is 8.55. The minimum absolute atomic E-state index is 0.00820. The summed E-state index contributed by atoms with van der Waals surface area (Å²) in [6.45, 7) is -4.56. The van der Waals surface area contributed by atoms with Crippen molar-refractivity contribution in [2.75, 3.05) is 36.6 Å². The number of anilines is 2. The summed E-state index contributed by atoms with van der Waals surface area (Å²) in [5.41, 5.74) is 12.4. The lowest BCUT2D eigenvalue weighted by Gasteiger charge is -2.28. The third-order valence-electron chi connectivity index (χ3n) is 8.64. The quantitative estimate of drug-likeness (QED) is 0.115. The number of aliphatic hydroxyl groups excluding tert-OH is 1. The average molecular weight is 925 g/mol. The Morgan fingerprint density at radius 3 is 1.77 bits per heavy atom. The van der Waals surface area contributed by atoms with Crippen LogP contribution in [0.3, 0.4) is 0 Å². The number of carbonyl (C=O) groups excluding carboxylic acids is 2. The molecule has 30 heteroatoms. The molecule has 328 valence electrons. The second kappa shape index (κ2) is 18.2. The largest absolute Gasteiger partial charge is 0.509 e. The summed E-state index contributed by atoms with van der Waals surface area (Å²) < 4.78 is 105. The van der Waals surface area contributed by atoms with Gasteiger partial charge in [-0.1, -0.05) is 0 Å². The first-order chi connectivity index (χ1) is 28.5. The van der Waals surface area contributed by atoms with Crippen molar-refractivity contribution in [3.8, 4) is 0 Å². The minimum atomic E-state index is -4.69. The van der Waals surface area contributed by atoms with Crippen LogP contribution in [0.2, 0.25) is 0 Å². The van der Waals surface area contributed by atoms with Crippen molar-refractivity contribution in [1.29, 1.82) is 0 Å². The Morgan fingerprint density at radius 1 is 0.783 bits per heavy atom. The Labute approximate surface area is 346 Å². The zero-order valence-electron chi connectivity index (χ0n) is 31.9. The normalized spacial score (nSPS) is 31.1. The van der Waals surface area contributed by atoms with Crippen LogP contribution in [0.1, 0.15) is 40.2 Å². The van der Waals surface area contributed by atoms with E-state index in [0.29, 0.717) is 22.8 Å². The summed E-state index contributed by atoms with van der Waals surface area (Å²) in [6, 6.07) is 0. The standard InChI is InChI=1S/C30H39FN10O15P2S2/c1-13(2)51-29(43)47-11-59-57(45)49-5-15-20(42)22(28(53-15)41-10-39-19-24(33)35-8-37-26(19)41)56-58(46,60-12-48-30(44)52-14(3)4)50-6-16-21(55-57)17(31)27(54-16)40-9-38-18-23(32)34-7-36-25(18)40/h7-10,13-17,20-22,27-28,42H,5-6,11-12H2,1-4H3,(H2,32,34,36)(H2,33,35,37)/t15-,16?,17?,20?,21?,22+,27?,28?,57?,58?/m1/s1. The lowest BCUT2D eigenvalue weighted by Crippen LogP contribution is -2.35. The first kappa shape index (κ1) is 44.1. The molecule has 25 nitrogen and oxygen atoms in total. The molecule has 4 aromatic heterocycles. The summed E-state index contributed by atoms with van der Waals surface area (Å²) >= 11 is 0.722. The van der Waals surface area contributed by atoms with Gasteiger partial charge in [-0.25, -0.2) is 53.0 Å². The fourth-order valence-corrected chi connectivity index (χ4v) is 11.6. The summed E-state index contributed by atoms with van der Waals surface area (Å²) in [5.74, 6) is -1.33. The van der Waals surface area contributed by atoms with E-state index in [4.69, 9.17) is 58.0 Å². The van der Waals surface area contributed by atoms with Gasteiger partial charge in [-0.05, 0) is 27.7 Å². The first-order valence-electron chi connectivity index (χ1n) is 17.9. The summed E-state index contributed by atoms with van der Waals surface area (Å²) in [6.07, 6.45) is -11.9. The molecule has 10 atom stereocenters. The molecule has 3 aliphatic rings. The maximum absolute atomic E-state index is 16.8. The van der Waals surface area contributed by atoms with Gasteiger partial charge in [0.15, 0.2) is 53.4 Å². The van der Waals surface area contributed by atoms with Crippen LogP contribution < -0.4 is 11.5 Å². The lowest BCUT2D eigenvalue weighted by molar-refractivity contribution is -0.0569. The van der Waals surface area contributed by atoms with E-state index in [1.54, 1.807) is 27.7 Å². The number of halogens is 1. The maximum Gasteiger partial charge on any atom is 0.509 e. The van der Waals surface area contributed by atoms with Gasteiger partial charge in [0.2, 0.25) is 0 Å². The smallest absolute Gasteiger partial charge is 0.432 e. The first-order valence-corrected chi connectivity index (χ1v) is 24.1. The van der Waals surface area contributed by atoms with Crippen molar-refractivity contribution >= 4 is 82.6 Å². The van der Waals surface area contributed by atoms with Gasteiger partial charge in [-0.2, -0.15) is 0 Å². The number of aliphatic hydroxyl groups is 1. The predicted molar refractivity (Wildman–Crippen MR) is 205 cm³/mol. The molecule has 0 spiro atoms. The second-order valence-electron chi connectivity index (χ2n) is 13.5. The number of carbonyl (C=O) groups is 2. The van der Waals surface area contributed by atoms with Crippen LogP contribution >= 0.6 is 36.4 Å². The molecule has 0 amide bonds. The molecule has 7 rings (SSSR count). The number of imidazole rings is 2. The zero-order valence-corrected chi connectivity index (χ0v) is 35.3. The number of fused-ring (bicyclic) bond motifs is 5. The van der Waals surface area contributed by atoms with E-state index < -0.39 is 112 Å². The van der Waals surface area contributed by atoms with Crippen molar-refractivity contribution in [3.63, 3.8) is 0 Å². The third kappa shape index (κ3) is 9.57. The van der Waals surface area contributed by atoms with E-state index in [-0.39, 0.29) is 34.0 Å². The summed E-state index contributed by atoms with van der Waals surface area (Å²) in [5, 5.41) is 11.7. The van der Waals surface area contributed by atoms with Gasteiger partial charge in [0.05, 0.1) is 38.1 Å². The molecule has 60 heavy (non-hydrogen) atoms. The van der Waals surface area contributed by atoms with Crippen molar-refractivity contribution in [2.45, 2.75) is 89.1 Å². The Balaban J connectivity index is 1.25. The third-order valence-corrected chi connectivity index (χ3v) is 15.3. The number of nitrogen functional groups attached to an aromatic ring is 2. The number of aromatic nitrogens is 8. The molecule has 3 fully saturated rings. The van der Waals surface area contributed by atoms with Gasteiger partial charge in [-0.3, -0.25) is 27.2 Å². The highest BCUT2D eigenvalue weighted by atomic mass is 32.7. The molecule has 8 unspecified atom stereocenters. The number of hydrogen-bond donors (Lipinski definition) is 3. The Hall–Kier alpha value is -3.95. The zero-order chi connectivity index (χ0) is 42.9. The van der Waals surface area contributed by atoms with Gasteiger partial charge in [0.25, 0.3) is 0 Å². The highest BCUT2D eigenvalue weighted by Gasteiger charge is 2.55. The molecular weight excluding hydrogens is 885 g/mol. The van der Waals surface area contributed by atoms with Crippen molar-refractivity contribution < 1.29 is 74.7 Å². The molecule has 7 heterocycles. The molecule has 3 saturated heterocycles. The SMILES string of the molecule is CC(C)OC(=O)OCSP1(=O)OC[C@H]2OC(n3cnc4c(N)ncnc43)[C@@H](OP(=O)(SCOC(=O)OC(C)C)OCC3OC(n4cnc5c(N)ncnc54)C(F)C3O1)C2O. The van der Waals surface area contributed by atoms with Crippen LogP contribution in [0.15, 0.2) is 25.3 Å². The molecule has 0 aromatic carbocycles. The van der Waals surface area contributed by atoms with E-state index in [0.717, 1.165) is 12.7 Å². The van der Waals surface area contributed by atoms with Gasteiger partial charge in [0.1, 0.15) is 54.2 Å². The molecule has 0 radical (unpaired) electrons. The topological polar surface area (TPSA) is 320 Å². The van der Waals surface area contributed by atoms with Crippen molar-refractivity contribution in [3.05, 3.63) is 25.3 Å². The van der Waals surface area contributed by atoms with Crippen molar-refractivity contribution in [2.24, 2.45) is 0 Å². The minimum Gasteiger partial charge on any atom is -0.432 e. The molecule has 0 saturated carbocycles. The van der Waals surface area contributed by atoms with E-state index in [1.165, 1.54) is 21.8 Å². The number of rotatable bonds is 10. The van der Waals surface area contributed by atoms with Crippen LogP contribution in [-0.2, 0) is 55.6 Å². The molecule has 4 aromatic rings. The van der Waals surface area contributed by atoms with Gasteiger partial charge in [-0.15, -0.1) is 0 Å². The Bertz CT molecular complexity index is 2300. The summed E-state index contributed by atoms with van der Waals surface area (Å²) in [7, 11) is 0. The van der Waals surface area contributed by atoms with Crippen LogP contribution in [0.5, 0.6) is 0 Å². The fourth-order valence-electron chi connectivity index (χ4n) is 6.04. The molecule has 0 aliphatic carbocycles. The van der Waals surface area contributed by atoms with Crippen molar-refractivity contribution in [1.82, 2.24) is 39.0 Å². The van der Waals surface area contributed by atoms with Gasteiger partial charge in [0, 0.05) is 22.8 Å². The van der Waals surface area contributed by atoms with E-state index in [1.807, 2.05) is 0 Å². The molecule has 3 aliphatic heterocycles.